The number of ether oxygens (including phenoxy) is 2. The Labute approximate surface area is 169 Å². The first kappa shape index (κ1) is 18.6. The Morgan fingerprint density at radius 1 is 1.15 bits per heavy atom. The molecule has 2 aromatic rings. The molecule has 4 nitrogen and oxygen atoms in total. The minimum absolute atomic E-state index is 0.0341. The Kier molecular flexibility index (Phi) is 4.80. The summed E-state index contributed by atoms with van der Waals surface area (Å²) in [5, 5.41) is 0. The Morgan fingerprint density at radius 3 is 2.63 bits per heavy atom. The lowest BCUT2D eigenvalue weighted by Gasteiger charge is -2.31. The number of nitrogens with zero attached hydrogens (tertiary/aromatic N) is 1. The van der Waals surface area contributed by atoms with Crippen LogP contribution in [-0.2, 0) is 12.5 Å². The van der Waals surface area contributed by atoms with Gasteiger partial charge in [-0.2, -0.15) is 0 Å². The highest BCUT2D eigenvalue weighted by Crippen LogP contribution is 2.38. The summed E-state index contributed by atoms with van der Waals surface area (Å²) in [7, 11) is -1.10. The number of amides is 1. The molecule has 0 spiro atoms. The third kappa shape index (κ3) is 3.52. The van der Waals surface area contributed by atoms with Gasteiger partial charge < -0.3 is 14.4 Å². The van der Waals surface area contributed by atoms with Crippen molar-refractivity contribution >= 4 is 35.6 Å². The zero-order chi connectivity index (χ0) is 19.2. The number of hydrogen-bond acceptors (Lipinski definition) is 3. The molecule has 0 radical (unpaired) electrons. The maximum Gasteiger partial charge on any atom is 0.259 e. The standard InChI is InChI=1S/C21H24BrNO3Si/c1-4-23(16-6-5-15-12-27(2,3)8-7-14(15)9-16)21(24)17-10-19-20(11-18(17)22)26-13-25-19/h5-6,9-11H,4,7-8,12-13H2,1-3H3. The monoisotopic (exact) mass is 445 g/mol. The van der Waals surface area contributed by atoms with Crippen molar-refractivity contribution in [3.8, 4) is 11.5 Å². The number of rotatable bonds is 3. The lowest BCUT2D eigenvalue weighted by Crippen LogP contribution is -2.34. The molecule has 0 aromatic heterocycles. The molecule has 1 amide bonds. The SMILES string of the molecule is CCN(C(=O)c1cc2c(cc1Br)OCO2)c1ccc2c(c1)CC[Si](C)(C)C2. The van der Waals surface area contributed by atoms with Gasteiger partial charge in [0.05, 0.1) is 13.6 Å². The molecule has 0 atom stereocenters. The van der Waals surface area contributed by atoms with Gasteiger partial charge >= 0.3 is 0 Å². The zero-order valence-corrected chi connectivity index (χ0v) is 18.6. The maximum atomic E-state index is 13.3. The van der Waals surface area contributed by atoms with E-state index in [9.17, 15) is 4.79 Å². The van der Waals surface area contributed by atoms with Crippen molar-refractivity contribution in [3.63, 3.8) is 0 Å². The average molecular weight is 446 g/mol. The van der Waals surface area contributed by atoms with Gasteiger partial charge in [-0.25, -0.2) is 0 Å². The number of anilines is 1. The van der Waals surface area contributed by atoms with Crippen LogP contribution in [0.25, 0.3) is 0 Å². The quantitative estimate of drug-likeness (QED) is 0.609. The van der Waals surface area contributed by atoms with Gasteiger partial charge in [0.2, 0.25) is 6.79 Å². The summed E-state index contributed by atoms with van der Waals surface area (Å²) in [6.45, 7) is 7.74. The van der Waals surface area contributed by atoms with Gasteiger partial charge in [0.1, 0.15) is 0 Å². The summed E-state index contributed by atoms with van der Waals surface area (Å²) in [4.78, 5) is 15.1. The molecule has 2 heterocycles. The molecule has 0 saturated carbocycles. The molecular weight excluding hydrogens is 422 g/mol. The van der Waals surface area contributed by atoms with Crippen molar-refractivity contribution in [1.82, 2.24) is 0 Å². The van der Waals surface area contributed by atoms with Gasteiger partial charge in [0.15, 0.2) is 11.5 Å². The summed E-state index contributed by atoms with van der Waals surface area (Å²) < 4.78 is 11.6. The number of benzene rings is 2. The van der Waals surface area contributed by atoms with Gasteiger partial charge in [0.25, 0.3) is 5.91 Å². The molecule has 2 aliphatic rings. The molecule has 6 heteroatoms. The first-order valence-corrected chi connectivity index (χ1v) is 13.6. The van der Waals surface area contributed by atoms with E-state index in [1.807, 2.05) is 17.9 Å². The second-order valence-corrected chi connectivity index (χ2v) is 14.1. The molecule has 0 aliphatic carbocycles. The van der Waals surface area contributed by atoms with Crippen LogP contribution in [-0.4, -0.2) is 27.3 Å². The van der Waals surface area contributed by atoms with Crippen LogP contribution in [0.3, 0.4) is 0 Å². The summed E-state index contributed by atoms with van der Waals surface area (Å²) in [6, 6.07) is 12.7. The van der Waals surface area contributed by atoms with Crippen LogP contribution < -0.4 is 14.4 Å². The van der Waals surface area contributed by atoms with Crippen LogP contribution in [0, 0.1) is 0 Å². The van der Waals surface area contributed by atoms with Crippen molar-refractivity contribution in [1.29, 1.82) is 0 Å². The Morgan fingerprint density at radius 2 is 1.89 bits per heavy atom. The Balaban J connectivity index is 1.66. The molecular formula is C21H24BrNO3Si. The van der Waals surface area contributed by atoms with E-state index in [0.29, 0.717) is 23.6 Å². The third-order valence-corrected chi connectivity index (χ3v) is 9.09. The van der Waals surface area contributed by atoms with Gasteiger partial charge in [-0.15, -0.1) is 0 Å². The molecule has 0 bridgehead atoms. The third-order valence-electron chi connectivity index (χ3n) is 5.50. The highest BCUT2D eigenvalue weighted by Gasteiger charge is 2.28. The predicted molar refractivity (Wildman–Crippen MR) is 114 cm³/mol. The highest BCUT2D eigenvalue weighted by molar-refractivity contribution is 9.10. The maximum absolute atomic E-state index is 13.3. The highest BCUT2D eigenvalue weighted by atomic mass is 79.9. The van der Waals surface area contributed by atoms with E-state index in [4.69, 9.17) is 9.47 Å². The van der Waals surface area contributed by atoms with Crippen molar-refractivity contribution in [2.45, 2.75) is 38.5 Å². The van der Waals surface area contributed by atoms with E-state index in [0.717, 1.165) is 16.6 Å². The van der Waals surface area contributed by atoms with Crippen LogP contribution in [0.4, 0.5) is 5.69 Å². The number of carbonyl (C=O) groups is 1. The fourth-order valence-corrected chi connectivity index (χ4v) is 6.92. The predicted octanol–water partition coefficient (Wildman–Crippen LogP) is 5.19. The molecule has 0 fully saturated rings. The van der Waals surface area contributed by atoms with Gasteiger partial charge in [-0.3, -0.25) is 4.79 Å². The van der Waals surface area contributed by atoms with Gasteiger partial charge in [0, 0.05) is 16.7 Å². The van der Waals surface area contributed by atoms with Gasteiger partial charge in [-0.05, 0) is 70.7 Å². The molecule has 142 valence electrons. The van der Waals surface area contributed by atoms with E-state index in [1.54, 1.807) is 6.07 Å². The Bertz CT molecular complexity index is 913. The summed E-state index contributed by atoms with van der Waals surface area (Å²) in [6.07, 6.45) is 1.13. The molecule has 2 aromatic carbocycles. The Hall–Kier alpha value is -1.79. The van der Waals surface area contributed by atoms with Crippen molar-refractivity contribution in [2.75, 3.05) is 18.2 Å². The second-order valence-electron chi connectivity index (χ2n) is 8.03. The molecule has 0 N–H and O–H groups in total. The zero-order valence-electron chi connectivity index (χ0n) is 16.0. The van der Waals surface area contributed by atoms with Crippen LogP contribution >= 0.6 is 15.9 Å². The number of halogens is 1. The number of fused-ring (bicyclic) bond motifs is 2. The van der Waals surface area contributed by atoms with E-state index < -0.39 is 8.07 Å². The number of aryl methyl sites for hydroxylation is 1. The fraction of sp³-hybridized carbons (Fsp3) is 0.381. The second kappa shape index (κ2) is 6.98. The first-order chi connectivity index (χ1) is 12.9. The van der Waals surface area contributed by atoms with E-state index in [2.05, 4.69) is 47.2 Å². The molecule has 0 unspecified atom stereocenters. The number of carbonyl (C=O) groups excluding carboxylic acids is 1. The van der Waals surface area contributed by atoms with Crippen LogP contribution in [0.1, 0.15) is 28.4 Å². The van der Waals surface area contributed by atoms with E-state index in [1.165, 1.54) is 23.2 Å². The van der Waals surface area contributed by atoms with Crippen LogP contribution in [0.2, 0.25) is 19.1 Å². The normalized spacial score (nSPS) is 16.7. The molecule has 0 saturated heterocycles. The van der Waals surface area contributed by atoms with Gasteiger partial charge in [-0.1, -0.05) is 25.2 Å². The topological polar surface area (TPSA) is 38.8 Å². The largest absolute Gasteiger partial charge is 0.454 e. The van der Waals surface area contributed by atoms with Crippen LogP contribution in [0.15, 0.2) is 34.8 Å². The van der Waals surface area contributed by atoms with Crippen molar-refractivity contribution in [2.24, 2.45) is 0 Å². The summed E-state index contributed by atoms with van der Waals surface area (Å²) >= 11 is 3.51. The fourth-order valence-electron chi connectivity index (χ4n) is 3.93. The molecule has 27 heavy (non-hydrogen) atoms. The summed E-state index contributed by atoms with van der Waals surface area (Å²) in [5.41, 5.74) is 4.42. The average Bonchev–Trinajstić information content (AvgIpc) is 3.08. The smallest absolute Gasteiger partial charge is 0.259 e. The number of hydrogen-bond donors (Lipinski definition) is 0. The van der Waals surface area contributed by atoms with Crippen molar-refractivity contribution < 1.29 is 14.3 Å². The van der Waals surface area contributed by atoms with E-state index >= 15 is 0 Å². The molecule has 2 aliphatic heterocycles. The van der Waals surface area contributed by atoms with E-state index in [-0.39, 0.29) is 12.7 Å². The minimum atomic E-state index is -1.10. The first-order valence-electron chi connectivity index (χ1n) is 9.41. The minimum Gasteiger partial charge on any atom is -0.454 e. The van der Waals surface area contributed by atoms with Crippen molar-refractivity contribution in [3.05, 3.63) is 51.5 Å². The summed E-state index contributed by atoms with van der Waals surface area (Å²) in [5.74, 6) is 1.26. The molecule has 4 rings (SSSR count). The van der Waals surface area contributed by atoms with Crippen LogP contribution in [0.5, 0.6) is 11.5 Å². The lowest BCUT2D eigenvalue weighted by atomic mass is 10.0. The lowest BCUT2D eigenvalue weighted by molar-refractivity contribution is 0.0987.